The van der Waals surface area contributed by atoms with E-state index >= 15 is 0 Å². The number of piperazine rings is 1. The Morgan fingerprint density at radius 1 is 1.04 bits per heavy atom. The van der Waals surface area contributed by atoms with E-state index in [0.717, 1.165) is 57.0 Å². The Kier molecular flexibility index (Phi) is 6.28. The lowest BCUT2D eigenvalue weighted by molar-refractivity contribution is 0.250. The van der Waals surface area contributed by atoms with Gasteiger partial charge in [0.25, 0.3) is 5.56 Å². The monoisotopic (exact) mass is 373 g/mol. The van der Waals surface area contributed by atoms with Crippen LogP contribution in [0.3, 0.4) is 0 Å². The summed E-state index contributed by atoms with van der Waals surface area (Å²) in [5, 5.41) is 3.73. The maximum atomic E-state index is 11.9. The van der Waals surface area contributed by atoms with E-state index in [4.69, 9.17) is 4.74 Å². The Labute approximate surface area is 158 Å². The summed E-state index contributed by atoms with van der Waals surface area (Å²) in [7, 11) is 3.26. The molecule has 0 atom stereocenters. The van der Waals surface area contributed by atoms with Crippen LogP contribution in [0.2, 0.25) is 0 Å². The first-order valence-corrected chi connectivity index (χ1v) is 9.33. The molecule has 0 unspecified atom stereocenters. The average molecular weight is 373 g/mol. The molecule has 0 bridgehead atoms. The molecule has 0 N–H and O–H groups in total. The second kappa shape index (κ2) is 8.85. The van der Waals surface area contributed by atoms with Gasteiger partial charge in [0.2, 0.25) is 0 Å². The van der Waals surface area contributed by atoms with Crippen LogP contribution in [-0.2, 0) is 13.6 Å². The van der Waals surface area contributed by atoms with Crippen molar-refractivity contribution >= 4 is 5.69 Å². The molecule has 2 heterocycles. The van der Waals surface area contributed by atoms with E-state index in [0.29, 0.717) is 6.54 Å². The molecule has 8 nitrogen and oxygen atoms in total. The van der Waals surface area contributed by atoms with Crippen molar-refractivity contribution in [3.05, 3.63) is 51.3 Å². The fraction of sp³-hybridized carbons (Fsp3) is 0.526. The Morgan fingerprint density at radius 2 is 1.74 bits per heavy atom. The van der Waals surface area contributed by atoms with Crippen molar-refractivity contribution in [2.75, 3.05) is 44.7 Å². The van der Waals surface area contributed by atoms with Gasteiger partial charge in [-0.3, -0.25) is 14.3 Å². The molecule has 1 aromatic heterocycles. The normalized spacial score (nSPS) is 15.1. The fourth-order valence-electron chi connectivity index (χ4n) is 3.44. The van der Waals surface area contributed by atoms with E-state index in [1.165, 1.54) is 15.4 Å². The van der Waals surface area contributed by atoms with E-state index in [1.54, 1.807) is 14.2 Å². The molecule has 1 aliphatic rings. The molecule has 8 heteroatoms. The largest absolute Gasteiger partial charge is 0.495 e. The van der Waals surface area contributed by atoms with Gasteiger partial charge in [-0.05, 0) is 31.5 Å². The van der Waals surface area contributed by atoms with Crippen molar-refractivity contribution in [2.45, 2.75) is 19.4 Å². The quantitative estimate of drug-likeness (QED) is 0.660. The van der Waals surface area contributed by atoms with Gasteiger partial charge in [-0.15, -0.1) is 0 Å². The minimum absolute atomic E-state index is 0.330. The number of nitrogens with zero attached hydrogens (tertiary/aromatic N) is 5. The Bertz CT molecular complexity index is 868. The van der Waals surface area contributed by atoms with Gasteiger partial charge >= 0.3 is 5.69 Å². The highest BCUT2D eigenvalue weighted by Crippen LogP contribution is 2.28. The van der Waals surface area contributed by atoms with Crippen LogP contribution in [0, 0.1) is 0 Å². The highest BCUT2D eigenvalue weighted by molar-refractivity contribution is 5.58. The van der Waals surface area contributed by atoms with Crippen molar-refractivity contribution in [1.82, 2.24) is 19.2 Å². The van der Waals surface area contributed by atoms with Crippen molar-refractivity contribution in [1.29, 1.82) is 0 Å². The standard InChI is InChI=1S/C19H27N5O3/c1-21-19(26)24(18(25)15-20-21)10-6-5-9-22-11-13-23(14-12-22)16-7-3-4-8-17(16)27-2/h3-4,7-8,15H,5-6,9-14H2,1-2H3. The molecule has 0 spiro atoms. The minimum atomic E-state index is -0.354. The number of benzene rings is 1. The maximum Gasteiger partial charge on any atom is 0.347 e. The van der Waals surface area contributed by atoms with Gasteiger partial charge in [0, 0.05) is 39.8 Å². The molecule has 1 aliphatic heterocycles. The van der Waals surface area contributed by atoms with Crippen LogP contribution >= 0.6 is 0 Å². The third-order valence-electron chi connectivity index (χ3n) is 5.02. The molecule has 1 fully saturated rings. The Hall–Kier alpha value is -2.61. The predicted octanol–water partition coefficient (Wildman–Crippen LogP) is 0.553. The van der Waals surface area contributed by atoms with E-state index < -0.39 is 0 Å². The van der Waals surface area contributed by atoms with Crippen LogP contribution < -0.4 is 20.9 Å². The number of rotatable bonds is 7. The zero-order valence-electron chi connectivity index (χ0n) is 16.0. The third kappa shape index (κ3) is 4.57. The van der Waals surface area contributed by atoms with Crippen LogP contribution in [0.5, 0.6) is 5.75 Å². The molecule has 27 heavy (non-hydrogen) atoms. The highest BCUT2D eigenvalue weighted by atomic mass is 16.5. The van der Waals surface area contributed by atoms with Gasteiger partial charge < -0.3 is 9.64 Å². The van der Waals surface area contributed by atoms with Gasteiger partial charge in [-0.25, -0.2) is 9.48 Å². The van der Waals surface area contributed by atoms with Crippen LogP contribution in [-0.4, -0.2) is 59.1 Å². The molecule has 1 saturated heterocycles. The molecule has 0 amide bonds. The summed E-state index contributed by atoms with van der Waals surface area (Å²) < 4.78 is 7.91. The topological polar surface area (TPSA) is 72.6 Å². The van der Waals surface area contributed by atoms with Crippen molar-refractivity contribution in [3.8, 4) is 5.75 Å². The Morgan fingerprint density at radius 3 is 2.48 bits per heavy atom. The SMILES string of the molecule is COc1ccccc1N1CCN(CCCCn2c(=O)cnn(C)c2=O)CC1. The molecular formula is C19H27N5O3. The van der Waals surface area contributed by atoms with E-state index in [-0.39, 0.29) is 11.2 Å². The average Bonchev–Trinajstić information content (AvgIpc) is 2.71. The number of hydrogen-bond donors (Lipinski definition) is 0. The van der Waals surface area contributed by atoms with Crippen LogP contribution in [0.15, 0.2) is 40.1 Å². The first kappa shape index (κ1) is 19.2. The second-order valence-corrected chi connectivity index (χ2v) is 6.75. The van der Waals surface area contributed by atoms with E-state index in [2.05, 4.69) is 21.0 Å². The highest BCUT2D eigenvalue weighted by Gasteiger charge is 2.19. The van der Waals surface area contributed by atoms with Gasteiger partial charge in [0.1, 0.15) is 11.9 Å². The van der Waals surface area contributed by atoms with Gasteiger partial charge in [0.15, 0.2) is 0 Å². The lowest BCUT2D eigenvalue weighted by Gasteiger charge is -2.36. The molecule has 2 aromatic rings. The molecule has 0 saturated carbocycles. The number of para-hydroxylation sites is 2. The molecular weight excluding hydrogens is 346 g/mol. The smallest absolute Gasteiger partial charge is 0.347 e. The second-order valence-electron chi connectivity index (χ2n) is 6.75. The van der Waals surface area contributed by atoms with Crippen LogP contribution in [0.1, 0.15) is 12.8 Å². The van der Waals surface area contributed by atoms with Gasteiger partial charge in [-0.1, -0.05) is 12.1 Å². The fourth-order valence-corrected chi connectivity index (χ4v) is 3.44. The van der Waals surface area contributed by atoms with Crippen molar-refractivity contribution in [3.63, 3.8) is 0 Å². The van der Waals surface area contributed by atoms with E-state index in [1.807, 2.05) is 18.2 Å². The predicted molar refractivity (Wildman–Crippen MR) is 105 cm³/mol. The number of hydrogen-bond acceptors (Lipinski definition) is 6. The Balaban J connectivity index is 1.45. The minimum Gasteiger partial charge on any atom is -0.495 e. The number of unbranched alkanes of at least 4 members (excludes halogenated alkanes) is 1. The summed E-state index contributed by atoms with van der Waals surface area (Å²) in [6.45, 7) is 5.33. The molecule has 1 aromatic carbocycles. The molecule has 3 rings (SSSR count). The number of aromatic nitrogens is 3. The molecule has 146 valence electrons. The number of aryl methyl sites for hydroxylation is 1. The van der Waals surface area contributed by atoms with Crippen molar-refractivity contribution < 1.29 is 4.74 Å². The summed E-state index contributed by atoms with van der Waals surface area (Å²) in [5.74, 6) is 0.912. The van der Waals surface area contributed by atoms with Crippen LogP contribution in [0.25, 0.3) is 0 Å². The van der Waals surface area contributed by atoms with Gasteiger partial charge in [0.05, 0.1) is 12.8 Å². The van der Waals surface area contributed by atoms with Gasteiger partial charge in [-0.2, -0.15) is 5.10 Å². The summed E-state index contributed by atoms with van der Waals surface area (Å²) in [6, 6.07) is 8.12. The summed E-state index contributed by atoms with van der Waals surface area (Å²) in [4.78, 5) is 28.5. The number of ether oxygens (including phenoxy) is 1. The van der Waals surface area contributed by atoms with Crippen LogP contribution in [0.4, 0.5) is 5.69 Å². The number of methoxy groups -OCH3 is 1. The first-order valence-electron chi connectivity index (χ1n) is 9.33. The lowest BCUT2D eigenvalue weighted by atomic mass is 10.2. The first-order chi connectivity index (χ1) is 13.1. The lowest BCUT2D eigenvalue weighted by Crippen LogP contribution is -2.46. The molecule has 0 aliphatic carbocycles. The number of anilines is 1. The zero-order valence-corrected chi connectivity index (χ0v) is 16.0. The summed E-state index contributed by atoms with van der Waals surface area (Å²) in [5.41, 5.74) is 0.462. The summed E-state index contributed by atoms with van der Waals surface area (Å²) >= 11 is 0. The zero-order chi connectivity index (χ0) is 19.2. The summed E-state index contributed by atoms with van der Waals surface area (Å²) in [6.07, 6.45) is 2.94. The van der Waals surface area contributed by atoms with Crippen molar-refractivity contribution in [2.24, 2.45) is 7.05 Å². The molecule has 0 radical (unpaired) electrons. The third-order valence-corrected chi connectivity index (χ3v) is 5.02. The maximum absolute atomic E-state index is 11.9. The van der Waals surface area contributed by atoms with E-state index in [9.17, 15) is 9.59 Å².